The number of thiazole rings is 1. The summed E-state index contributed by atoms with van der Waals surface area (Å²) in [5.74, 6) is 0.278. The van der Waals surface area contributed by atoms with Gasteiger partial charge in [0.1, 0.15) is 10.6 Å². The van der Waals surface area contributed by atoms with Gasteiger partial charge in [-0.25, -0.2) is 4.98 Å². The van der Waals surface area contributed by atoms with Crippen molar-refractivity contribution in [3.05, 3.63) is 40.4 Å². The zero-order chi connectivity index (χ0) is 16.3. The van der Waals surface area contributed by atoms with Gasteiger partial charge >= 0.3 is 0 Å². The predicted octanol–water partition coefficient (Wildman–Crippen LogP) is 2.41. The van der Waals surface area contributed by atoms with Crippen LogP contribution in [0.3, 0.4) is 0 Å². The van der Waals surface area contributed by atoms with Crippen LogP contribution in [0.4, 0.5) is 5.13 Å². The van der Waals surface area contributed by atoms with Crippen molar-refractivity contribution in [2.24, 2.45) is 0 Å². The number of methoxy groups -OCH3 is 1. The molecule has 2 aromatic rings. The Hall–Kier alpha value is -2.41. The van der Waals surface area contributed by atoms with Gasteiger partial charge in [-0.3, -0.25) is 14.9 Å². The fourth-order valence-electron chi connectivity index (χ4n) is 1.76. The Kier molecular flexibility index (Phi) is 4.77. The molecule has 2 amide bonds. The van der Waals surface area contributed by atoms with Crippen molar-refractivity contribution >= 4 is 28.3 Å². The summed E-state index contributed by atoms with van der Waals surface area (Å²) < 4.78 is 5.05. The second kappa shape index (κ2) is 6.57. The summed E-state index contributed by atoms with van der Waals surface area (Å²) in [7, 11) is 4.92. The molecule has 22 heavy (non-hydrogen) atoms. The van der Waals surface area contributed by atoms with E-state index in [-0.39, 0.29) is 11.8 Å². The highest BCUT2D eigenvalue weighted by Gasteiger charge is 2.18. The first-order valence-electron chi connectivity index (χ1n) is 6.57. The van der Waals surface area contributed by atoms with Crippen LogP contribution in [0.5, 0.6) is 5.75 Å². The highest BCUT2D eigenvalue weighted by molar-refractivity contribution is 7.17. The number of rotatable bonds is 4. The monoisotopic (exact) mass is 319 g/mol. The molecule has 0 bridgehead atoms. The molecule has 1 heterocycles. The van der Waals surface area contributed by atoms with Gasteiger partial charge in [0.15, 0.2) is 5.13 Å². The number of carbonyl (C=O) groups is 2. The molecule has 0 saturated heterocycles. The molecule has 0 saturated carbocycles. The van der Waals surface area contributed by atoms with E-state index in [1.807, 2.05) is 0 Å². The van der Waals surface area contributed by atoms with Crippen LogP contribution in [0.15, 0.2) is 24.3 Å². The predicted molar refractivity (Wildman–Crippen MR) is 85.8 cm³/mol. The first-order chi connectivity index (χ1) is 10.4. The average Bonchev–Trinajstić information content (AvgIpc) is 2.86. The summed E-state index contributed by atoms with van der Waals surface area (Å²) >= 11 is 1.17. The minimum atomic E-state index is -0.278. The molecule has 0 fully saturated rings. The Morgan fingerprint density at radius 2 is 1.86 bits per heavy atom. The van der Waals surface area contributed by atoms with Gasteiger partial charge in [0.2, 0.25) is 0 Å². The number of benzene rings is 1. The summed E-state index contributed by atoms with van der Waals surface area (Å²) in [6, 6.07) is 6.76. The smallest absolute Gasteiger partial charge is 0.265 e. The molecule has 0 unspecified atom stereocenters. The number of aromatic nitrogens is 1. The quantitative estimate of drug-likeness (QED) is 0.939. The fraction of sp³-hybridized carbons (Fsp3) is 0.267. The minimum absolute atomic E-state index is 0.125. The van der Waals surface area contributed by atoms with Gasteiger partial charge in [-0.15, -0.1) is 0 Å². The van der Waals surface area contributed by atoms with Crippen molar-refractivity contribution in [1.82, 2.24) is 9.88 Å². The Bertz CT molecular complexity index is 693. The molecule has 2 rings (SSSR count). The molecule has 0 aliphatic carbocycles. The van der Waals surface area contributed by atoms with Crippen LogP contribution in [0.25, 0.3) is 0 Å². The summed E-state index contributed by atoms with van der Waals surface area (Å²) in [6.07, 6.45) is 0. The third-order valence-electron chi connectivity index (χ3n) is 2.97. The van der Waals surface area contributed by atoms with E-state index in [0.29, 0.717) is 27.0 Å². The second-order valence-electron chi connectivity index (χ2n) is 4.82. The number of anilines is 1. The van der Waals surface area contributed by atoms with Crippen LogP contribution in [-0.2, 0) is 0 Å². The van der Waals surface area contributed by atoms with E-state index in [2.05, 4.69) is 10.3 Å². The summed E-state index contributed by atoms with van der Waals surface area (Å²) in [5.41, 5.74) is 1.10. The molecular formula is C15H17N3O3S. The molecule has 7 heteroatoms. The minimum Gasteiger partial charge on any atom is -0.497 e. The molecule has 6 nitrogen and oxygen atoms in total. The van der Waals surface area contributed by atoms with Crippen molar-refractivity contribution in [1.29, 1.82) is 0 Å². The average molecular weight is 319 g/mol. The highest BCUT2D eigenvalue weighted by atomic mass is 32.1. The SMILES string of the molecule is COc1ccc(C(=O)Nc2nc(C)c(C(=O)N(C)C)s2)cc1. The molecule has 1 aromatic carbocycles. The molecule has 1 N–H and O–H groups in total. The van der Waals surface area contributed by atoms with Gasteiger partial charge in [0.05, 0.1) is 12.8 Å². The zero-order valence-corrected chi connectivity index (χ0v) is 13.7. The number of aryl methyl sites for hydroxylation is 1. The molecule has 0 radical (unpaired) electrons. The molecule has 0 aliphatic heterocycles. The largest absolute Gasteiger partial charge is 0.497 e. The van der Waals surface area contributed by atoms with Crippen molar-refractivity contribution < 1.29 is 14.3 Å². The fourth-order valence-corrected chi connectivity index (χ4v) is 2.75. The Labute approximate surface area is 132 Å². The van der Waals surface area contributed by atoms with Gasteiger partial charge in [0, 0.05) is 19.7 Å². The lowest BCUT2D eigenvalue weighted by Crippen LogP contribution is -2.21. The van der Waals surface area contributed by atoms with Gasteiger partial charge in [-0.1, -0.05) is 11.3 Å². The van der Waals surface area contributed by atoms with Crippen molar-refractivity contribution in [2.75, 3.05) is 26.5 Å². The second-order valence-corrected chi connectivity index (χ2v) is 5.81. The molecule has 0 aliphatic rings. The van der Waals surface area contributed by atoms with Crippen LogP contribution >= 0.6 is 11.3 Å². The first-order valence-corrected chi connectivity index (χ1v) is 7.38. The van der Waals surface area contributed by atoms with Crippen LogP contribution in [-0.4, -0.2) is 42.9 Å². The van der Waals surface area contributed by atoms with E-state index in [1.165, 1.54) is 16.2 Å². The topological polar surface area (TPSA) is 71.5 Å². The van der Waals surface area contributed by atoms with Gasteiger partial charge in [-0.2, -0.15) is 0 Å². The summed E-state index contributed by atoms with van der Waals surface area (Å²) in [6.45, 7) is 1.75. The number of nitrogens with zero attached hydrogens (tertiary/aromatic N) is 2. The van der Waals surface area contributed by atoms with Gasteiger partial charge in [-0.05, 0) is 31.2 Å². The first kappa shape index (κ1) is 16.0. The standard InChI is InChI=1S/C15H17N3O3S/c1-9-12(14(20)18(2)3)22-15(16-9)17-13(19)10-5-7-11(21-4)8-6-10/h5-8H,1-4H3,(H,16,17,19). The van der Waals surface area contributed by atoms with E-state index in [4.69, 9.17) is 4.74 Å². The highest BCUT2D eigenvalue weighted by Crippen LogP contribution is 2.24. The Morgan fingerprint density at radius 3 is 2.41 bits per heavy atom. The number of carbonyl (C=O) groups excluding carboxylic acids is 2. The zero-order valence-electron chi connectivity index (χ0n) is 12.8. The molecule has 0 spiro atoms. The third kappa shape index (κ3) is 3.43. The van der Waals surface area contributed by atoms with Crippen LogP contribution in [0.2, 0.25) is 0 Å². The van der Waals surface area contributed by atoms with E-state index in [9.17, 15) is 9.59 Å². The Balaban J connectivity index is 2.14. The van der Waals surface area contributed by atoms with Crippen LogP contribution in [0.1, 0.15) is 25.7 Å². The molecule has 1 aromatic heterocycles. The Morgan fingerprint density at radius 1 is 1.23 bits per heavy atom. The van der Waals surface area contributed by atoms with Crippen molar-refractivity contribution in [2.45, 2.75) is 6.92 Å². The summed E-state index contributed by atoms with van der Waals surface area (Å²) in [5, 5.41) is 3.11. The van der Waals surface area contributed by atoms with Crippen molar-refractivity contribution in [3.63, 3.8) is 0 Å². The lowest BCUT2D eigenvalue weighted by Gasteiger charge is -2.07. The van der Waals surface area contributed by atoms with E-state index in [1.54, 1.807) is 52.4 Å². The number of amides is 2. The molecule has 0 atom stereocenters. The number of hydrogen-bond donors (Lipinski definition) is 1. The maximum Gasteiger partial charge on any atom is 0.265 e. The van der Waals surface area contributed by atoms with Crippen LogP contribution in [0, 0.1) is 6.92 Å². The molecular weight excluding hydrogens is 302 g/mol. The van der Waals surface area contributed by atoms with E-state index >= 15 is 0 Å². The third-order valence-corrected chi connectivity index (χ3v) is 4.03. The van der Waals surface area contributed by atoms with E-state index in [0.717, 1.165) is 0 Å². The number of nitrogens with one attached hydrogen (secondary N) is 1. The van der Waals surface area contributed by atoms with Crippen LogP contribution < -0.4 is 10.1 Å². The van der Waals surface area contributed by atoms with E-state index < -0.39 is 0 Å². The van der Waals surface area contributed by atoms with Gasteiger partial charge in [0.25, 0.3) is 11.8 Å². The normalized spacial score (nSPS) is 10.2. The van der Waals surface area contributed by atoms with Crippen molar-refractivity contribution in [3.8, 4) is 5.75 Å². The molecule has 116 valence electrons. The lowest BCUT2D eigenvalue weighted by molar-refractivity contribution is 0.0831. The number of ether oxygens (including phenoxy) is 1. The lowest BCUT2D eigenvalue weighted by atomic mass is 10.2. The van der Waals surface area contributed by atoms with Gasteiger partial charge < -0.3 is 9.64 Å². The number of hydrogen-bond acceptors (Lipinski definition) is 5. The maximum atomic E-state index is 12.2. The summed E-state index contributed by atoms with van der Waals surface area (Å²) in [4.78, 5) is 30.4. The maximum absolute atomic E-state index is 12.2.